The predicted molar refractivity (Wildman–Crippen MR) is 252 cm³/mol. The monoisotopic (exact) mass is 824 g/mol. The first-order chi connectivity index (χ1) is 30.1. The van der Waals surface area contributed by atoms with Crippen LogP contribution in [0.5, 0.6) is 0 Å². The van der Waals surface area contributed by atoms with Crippen molar-refractivity contribution in [2.75, 3.05) is 0 Å². The lowest BCUT2D eigenvalue weighted by atomic mass is 9.43. The fourth-order valence-electron chi connectivity index (χ4n) is 10.7. The number of carbonyl (C=O) groups excluding carboxylic acids is 2. The second-order valence-electron chi connectivity index (χ2n) is 16.0. The van der Waals surface area contributed by atoms with Crippen LogP contribution in [-0.2, 0) is 5.41 Å². The van der Waals surface area contributed by atoms with Crippen molar-refractivity contribution in [1.29, 1.82) is 0 Å². The van der Waals surface area contributed by atoms with Crippen LogP contribution in [-0.4, -0.2) is 23.9 Å². The summed E-state index contributed by atoms with van der Waals surface area (Å²) in [6.45, 7) is 0. The normalized spacial score (nSPS) is 20.3. The van der Waals surface area contributed by atoms with Gasteiger partial charge in [0, 0.05) is 28.4 Å². The van der Waals surface area contributed by atoms with Crippen LogP contribution < -0.4 is 42.5 Å². The Balaban J connectivity index is 1.01. The van der Waals surface area contributed by atoms with Crippen molar-refractivity contribution in [2.45, 2.75) is 29.3 Å². The van der Waals surface area contributed by atoms with Crippen LogP contribution in [0.3, 0.4) is 0 Å². The zero-order valence-electron chi connectivity index (χ0n) is 33.3. The summed E-state index contributed by atoms with van der Waals surface area (Å²) >= 11 is 0. The molecule has 8 aromatic carbocycles. The summed E-state index contributed by atoms with van der Waals surface area (Å²) in [5.74, 6) is -0.283. The van der Waals surface area contributed by atoms with E-state index in [-0.39, 0.29) is 41.1 Å². The molecule has 3 aliphatic rings. The Morgan fingerprint density at radius 1 is 0.361 bits per heavy atom. The first-order valence-electron chi connectivity index (χ1n) is 20.9. The number of hydrogen-bond donors (Lipinski definition) is 2. The molecule has 0 saturated heterocycles. The van der Waals surface area contributed by atoms with Gasteiger partial charge in [-0.2, -0.15) is 0 Å². The molecule has 0 radical (unpaired) electrons. The Hall–Kier alpha value is -6.44. The van der Waals surface area contributed by atoms with Gasteiger partial charge in [0.15, 0.2) is 0 Å². The third-order valence-corrected chi connectivity index (χ3v) is 18.0. The molecule has 4 atom stereocenters. The Bertz CT molecular complexity index is 2630. The number of hydrogen-bond acceptors (Lipinski definition) is 2. The van der Waals surface area contributed by atoms with Gasteiger partial charge in [-0.1, -0.05) is 206 Å². The van der Waals surface area contributed by atoms with Gasteiger partial charge in [0.25, 0.3) is 11.8 Å². The van der Waals surface area contributed by atoms with Crippen LogP contribution in [0.2, 0.25) is 0 Å². The van der Waals surface area contributed by atoms with E-state index in [1.165, 1.54) is 43.5 Å². The van der Waals surface area contributed by atoms with Gasteiger partial charge in [0.2, 0.25) is 0 Å². The first kappa shape index (κ1) is 37.6. The number of benzene rings is 8. The Morgan fingerprint density at radius 3 is 1.02 bits per heavy atom. The summed E-state index contributed by atoms with van der Waals surface area (Å²) in [5, 5.41) is 14.0. The van der Waals surface area contributed by atoms with E-state index in [0.29, 0.717) is 11.1 Å². The average molecular weight is 825 g/mol. The SMILES string of the molecule is O=C(N[C@@H]1C2c3ccccc3C23c2ccccc2C3[C@H]1NC(=O)c1ccccc1P(c1ccccc1)c1ccccc1)c1ccccc1P(c1ccccc1)c1ccccc1. The van der Waals surface area contributed by atoms with Crippen LogP contribution in [0, 0.1) is 0 Å². The lowest BCUT2D eigenvalue weighted by Gasteiger charge is -2.58. The summed E-state index contributed by atoms with van der Waals surface area (Å²) in [6.07, 6.45) is 0. The summed E-state index contributed by atoms with van der Waals surface area (Å²) in [4.78, 5) is 30.5. The molecule has 1 fully saturated rings. The fourth-order valence-corrected chi connectivity index (χ4v) is 15.6. The maximum Gasteiger partial charge on any atom is 0.252 e. The van der Waals surface area contributed by atoms with E-state index < -0.39 is 15.8 Å². The Morgan fingerprint density at radius 2 is 0.656 bits per heavy atom. The molecule has 294 valence electrons. The zero-order chi connectivity index (χ0) is 40.9. The molecule has 2 unspecified atom stereocenters. The zero-order valence-corrected chi connectivity index (χ0v) is 35.1. The molecule has 61 heavy (non-hydrogen) atoms. The lowest BCUT2D eigenvalue weighted by molar-refractivity contribution is 0.0886. The van der Waals surface area contributed by atoms with Crippen LogP contribution in [0.1, 0.15) is 54.8 Å². The molecule has 0 aliphatic heterocycles. The minimum Gasteiger partial charge on any atom is -0.347 e. The van der Waals surface area contributed by atoms with Crippen LogP contribution in [0.15, 0.2) is 218 Å². The fraction of sp³-hybridized carbons (Fsp3) is 0.0909. The van der Waals surface area contributed by atoms with Gasteiger partial charge in [-0.05, 0) is 82.1 Å². The third-order valence-electron chi connectivity index (χ3n) is 13.0. The standard InChI is InChI=1S/C55H42N2O2P2/c58-53(43-31-15-19-35-47(43)60(37-21-5-1-6-22-37)38-23-7-2-8-24-38)56-51-49-41-29-13-17-33-45(41)55(49)46-34-18-14-30-42(46)50(55)52(51)57-54(59)44-32-16-20-36-48(44)61(39-25-9-3-10-26-39)40-27-11-4-12-28-40/h1-36,49-52H,(H,56,58)(H,57,59)/t49?,50?,51-,52-,55?/m1/s1. The smallest absolute Gasteiger partial charge is 0.252 e. The highest BCUT2D eigenvalue weighted by atomic mass is 31.1. The molecule has 3 aliphatic carbocycles. The van der Waals surface area contributed by atoms with Crippen LogP contribution in [0.4, 0.5) is 0 Å². The van der Waals surface area contributed by atoms with E-state index in [1.807, 2.05) is 60.7 Å². The molecule has 2 N–H and O–H groups in total. The molecule has 1 spiro atoms. The number of fused-ring (bicyclic) bond motifs is 4. The third kappa shape index (κ3) is 6.04. The highest BCUT2D eigenvalue weighted by molar-refractivity contribution is 7.80. The quantitative estimate of drug-likeness (QED) is 0.137. The van der Waals surface area contributed by atoms with Gasteiger partial charge in [-0.15, -0.1) is 0 Å². The molecule has 11 rings (SSSR count). The molecule has 1 saturated carbocycles. The average Bonchev–Trinajstić information content (AvgIpc) is 3.50. The van der Waals surface area contributed by atoms with Crippen molar-refractivity contribution in [2.24, 2.45) is 0 Å². The summed E-state index contributed by atoms with van der Waals surface area (Å²) < 4.78 is 0. The van der Waals surface area contributed by atoms with Gasteiger partial charge in [0.05, 0.1) is 12.1 Å². The second-order valence-corrected chi connectivity index (χ2v) is 20.4. The lowest BCUT2D eigenvalue weighted by Crippen LogP contribution is -2.54. The Kier molecular flexibility index (Phi) is 9.57. The van der Waals surface area contributed by atoms with E-state index >= 15 is 9.59 Å². The van der Waals surface area contributed by atoms with Gasteiger partial charge < -0.3 is 10.6 Å². The molecule has 8 aromatic rings. The van der Waals surface area contributed by atoms with Crippen LogP contribution >= 0.6 is 15.8 Å². The van der Waals surface area contributed by atoms with Crippen molar-refractivity contribution < 1.29 is 9.59 Å². The molecule has 4 nitrogen and oxygen atoms in total. The van der Waals surface area contributed by atoms with Crippen molar-refractivity contribution in [3.63, 3.8) is 0 Å². The topological polar surface area (TPSA) is 58.2 Å². The Labute approximate surface area is 359 Å². The molecular weight excluding hydrogens is 783 g/mol. The van der Waals surface area contributed by atoms with E-state index in [9.17, 15) is 0 Å². The summed E-state index contributed by atoms with van der Waals surface area (Å²) in [6, 6.07) is 74.9. The van der Waals surface area contributed by atoms with E-state index in [0.717, 1.165) is 10.6 Å². The maximum atomic E-state index is 15.2. The minimum absolute atomic E-state index is 0.0178. The number of amides is 2. The van der Waals surface area contributed by atoms with Crippen molar-refractivity contribution >= 4 is 59.5 Å². The predicted octanol–water partition coefficient (Wildman–Crippen LogP) is 8.29. The highest BCUT2D eigenvalue weighted by Crippen LogP contribution is 2.75. The highest BCUT2D eigenvalue weighted by Gasteiger charge is 2.74. The maximum absolute atomic E-state index is 15.2. The molecule has 2 amide bonds. The van der Waals surface area contributed by atoms with E-state index in [4.69, 9.17) is 0 Å². The molecule has 0 bridgehead atoms. The van der Waals surface area contributed by atoms with Gasteiger partial charge >= 0.3 is 0 Å². The molecular formula is C55H42N2O2P2. The summed E-state index contributed by atoms with van der Waals surface area (Å²) in [5.41, 5.74) is 6.08. The largest absolute Gasteiger partial charge is 0.347 e. The first-order valence-corrected chi connectivity index (χ1v) is 23.6. The van der Waals surface area contributed by atoms with Gasteiger partial charge in [-0.3, -0.25) is 9.59 Å². The van der Waals surface area contributed by atoms with E-state index in [1.54, 1.807) is 0 Å². The van der Waals surface area contributed by atoms with Crippen molar-refractivity contribution in [3.05, 3.63) is 252 Å². The van der Waals surface area contributed by atoms with Crippen LogP contribution in [0.25, 0.3) is 0 Å². The van der Waals surface area contributed by atoms with Crippen molar-refractivity contribution in [1.82, 2.24) is 10.6 Å². The number of nitrogens with one attached hydrogen (secondary N) is 2. The second kappa shape index (κ2) is 15.5. The minimum atomic E-state index is -1.04. The van der Waals surface area contributed by atoms with Gasteiger partial charge in [0.1, 0.15) is 0 Å². The molecule has 0 aromatic heterocycles. The van der Waals surface area contributed by atoms with E-state index in [2.05, 4.69) is 168 Å². The summed E-state index contributed by atoms with van der Waals surface area (Å²) in [7, 11) is -2.09. The number of carbonyl (C=O) groups is 2. The molecule has 6 heteroatoms. The van der Waals surface area contributed by atoms with Crippen molar-refractivity contribution in [3.8, 4) is 0 Å². The van der Waals surface area contributed by atoms with Gasteiger partial charge in [-0.25, -0.2) is 0 Å². The number of rotatable bonds is 10. The molecule has 0 heterocycles.